The normalized spacial score (nSPS) is 10.9. The number of pyridine rings is 1. The van der Waals surface area contributed by atoms with Crippen molar-refractivity contribution in [3.8, 4) is 11.1 Å². The van der Waals surface area contributed by atoms with E-state index in [0.29, 0.717) is 12.3 Å². The molecule has 0 bridgehead atoms. The Labute approximate surface area is 144 Å². The van der Waals surface area contributed by atoms with Gasteiger partial charge in [-0.15, -0.1) is 0 Å². The maximum Gasteiger partial charge on any atom is 0.286 e. The molecule has 2 N–H and O–H groups in total. The van der Waals surface area contributed by atoms with Crippen molar-refractivity contribution in [1.29, 1.82) is 0 Å². The van der Waals surface area contributed by atoms with E-state index in [1.54, 1.807) is 12.1 Å². The highest BCUT2D eigenvalue weighted by molar-refractivity contribution is 5.91. The molecule has 5 heteroatoms. The van der Waals surface area contributed by atoms with Crippen LogP contribution in [-0.4, -0.2) is 22.4 Å². The number of carbonyl (C=O) groups is 1. The van der Waals surface area contributed by atoms with E-state index in [2.05, 4.69) is 39.6 Å². The lowest BCUT2D eigenvalue weighted by molar-refractivity contribution is 0.0926. The van der Waals surface area contributed by atoms with E-state index in [-0.39, 0.29) is 5.91 Å². The number of aromatic amines is 1. The van der Waals surface area contributed by atoms with Gasteiger partial charge in [0.15, 0.2) is 5.76 Å². The second-order valence-electron chi connectivity index (χ2n) is 5.82. The second-order valence-corrected chi connectivity index (χ2v) is 5.82. The molecule has 5 nitrogen and oxygen atoms in total. The summed E-state index contributed by atoms with van der Waals surface area (Å²) in [7, 11) is 0. The minimum atomic E-state index is -0.191. The molecule has 124 valence electrons. The Hall–Kier alpha value is -3.34. The van der Waals surface area contributed by atoms with Crippen LogP contribution in [0.3, 0.4) is 0 Å². The van der Waals surface area contributed by atoms with Gasteiger partial charge in [0.05, 0.1) is 6.26 Å². The number of hydrogen-bond donors (Lipinski definition) is 2. The van der Waals surface area contributed by atoms with Crippen LogP contribution in [0, 0.1) is 0 Å². The quantitative estimate of drug-likeness (QED) is 0.584. The topological polar surface area (TPSA) is 70.9 Å². The zero-order valence-electron chi connectivity index (χ0n) is 13.5. The van der Waals surface area contributed by atoms with Crippen LogP contribution in [0.4, 0.5) is 0 Å². The zero-order chi connectivity index (χ0) is 17.1. The largest absolute Gasteiger partial charge is 0.459 e. The fraction of sp³-hybridized carbons (Fsp3) is 0.100. The molecule has 0 saturated carbocycles. The molecule has 0 spiro atoms. The maximum absolute atomic E-state index is 11.9. The second kappa shape index (κ2) is 6.65. The van der Waals surface area contributed by atoms with Crippen LogP contribution in [0.5, 0.6) is 0 Å². The van der Waals surface area contributed by atoms with Gasteiger partial charge in [0.1, 0.15) is 5.65 Å². The van der Waals surface area contributed by atoms with Gasteiger partial charge in [0.2, 0.25) is 0 Å². The predicted molar refractivity (Wildman–Crippen MR) is 96.3 cm³/mol. The smallest absolute Gasteiger partial charge is 0.286 e. The number of aromatic nitrogens is 2. The maximum atomic E-state index is 11.9. The fourth-order valence-electron chi connectivity index (χ4n) is 2.82. The number of carbonyl (C=O) groups excluding carboxylic acids is 1. The number of nitrogens with zero attached hydrogens (tertiary/aromatic N) is 1. The third-order valence-corrected chi connectivity index (χ3v) is 4.10. The minimum Gasteiger partial charge on any atom is -0.459 e. The van der Waals surface area contributed by atoms with Crippen LogP contribution >= 0.6 is 0 Å². The summed E-state index contributed by atoms with van der Waals surface area (Å²) in [6, 6.07) is 15.8. The molecule has 0 radical (unpaired) electrons. The molecular weight excluding hydrogens is 314 g/mol. The number of furan rings is 1. The number of amides is 1. The molecule has 3 aromatic heterocycles. The van der Waals surface area contributed by atoms with Gasteiger partial charge in [0.25, 0.3) is 5.91 Å². The van der Waals surface area contributed by atoms with Gasteiger partial charge in [-0.2, -0.15) is 0 Å². The highest BCUT2D eigenvalue weighted by Gasteiger charge is 2.07. The monoisotopic (exact) mass is 331 g/mol. The summed E-state index contributed by atoms with van der Waals surface area (Å²) in [5.74, 6) is 0.142. The number of nitrogens with one attached hydrogen (secondary N) is 2. The molecular formula is C20H17N3O2. The molecule has 0 aliphatic carbocycles. The lowest BCUT2D eigenvalue weighted by Crippen LogP contribution is -2.25. The average molecular weight is 331 g/mol. The van der Waals surface area contributed by atoms with Crippen LogP contribution in [0.25, 0.3) is 22.2 Å². The van der Waals surface area contributed by atoms with Crippen LogP contribution in [0.15, 0.2) is 71.6 Å². The third kappa shape index (κ3) is 3.30. The summed E-state index contributed by atoms with van der Waals surface area (Å²) in [6.07, 6.45) is 6.00. The highest BCUT2D eigenvalue weighted by Crippen LogP contribution is 2.23. The molecule has 4 rings (SSSR count). The van der Waals surface area contributed by atoms with Gasteiger partial charge >= 0.3 is 0 Å². The van der Waals surface area contributed by atoms with E-state index in [9.17, 15) is 4.79 Å². The van der Waals surface area contributed by atoms with Crippen molar-refractivity contribution in [3.05, 3.63) is 78.5 Å². The SMILES string of the molecule is O=C(NCCc1cccc(-c2cnc3[nH]ccc3c2)c1)c1ccco1. The molecule has 0 saturated heterocycles. The number of hydrogen-bond acceptors (Lipinski definition) is 3. The molecule has 1 aromatic carbocycles. The molecule has 0 atom stereocenters. The molecule has 0 aliphatic rings. The van der Waals surface area contributed by atoms with E-state index in [0.717, 1.165) is 34.1 Å². The van der Waals surface area contributed by atoms with Gasteiger partial charge in [-0.1, -0.05) is 24.3 Å². The lowest BCUT2D eigenvalue weighted by atomic mass is 10.0. The number of H-pyrrole nitrogens is 1. The van der Waals surface area contributed by atoms with Gasteiger partial charge in [-0.3, -0.25) is 4.79 Å². The Morgan fingerprint density at radius 3 is 2.96 bits per heavy atom. The van der Waals surface area contributed by atoms with E-state index in [4.69, 9.17) is 4.42 Å². The fourth-order valence-corrected chi connectivity index (χ4v) is 2.82. The van der Waals surface area contributed by atoms with Crippen molar-refractivity contribution in [2.24, 2.45) is 0 Å². The van der Waals surface area contributed by atoms with Crippen molar-refractivity contribution in [2.75, 3.05) is 6.54 Å². The Morgan fingerprint density at radius 1 is 1.12 bits per heavy atom. The molecule has 0 fully saturated rings. The number of benzene rings is 1. The molecule has 3 heterocycles. The van der Waals surface area contributed by atoms with Crippen molar-refractivity contribution in [2.45, 2.75) is 6.42 Å². The summed E-state index contributed by atoms with van der Waals surface area (Å²) in [6.45, 7) is 0.554. The molecule has 25 heavy (non-hydrogen) atoms. The van der Waals surface area contributed by atoms with Crippen LogP contribution < -0.4 is 5.32 Å². The number of fused-ring (bicyclic) bond motifs is 1. The van der Waals surface area contributed by atoms with E-state index >= 15 is 0 Å². The summed E-state index contributed by atoms with van der Waals surface area (Å²) in [4.78, 5) is 19.4. The van der Waals surface area contributed by atoms with Gasteiger partial charge in [0, 0.05) is 29.9 Å². The Kier molecular flexibility index (Phi) is 4.04. The summed E-state index contributed by atoms with van der Waals surface area (Å²) >= 11 is 0. The van der Waals surface area contributed by atoms with E-state index < -0.39 is 0 Å². The summed E-state index contributed by atoms with van der Waals surface area (Å²) < 4.78 is 5.08. The Morgan fingerprint density at radius 2 is 2.08 bits per heavy atom. The molecule has 0 unspecified atom stereocenters. The van der Waals surface area contributed by atoms with Gasteiger partial charge < -0.3 is 14.7 Å². The predicted octanol–water partition coefficient (Wildman–Crippen LogP) is 3.80. The van der Waals surface area contributed by atoms with Crippen molar-refractivity contribution < 1.29 is 9.21 Å². The van der Waals surface area contributed by atoms with Crippen LogP contribution in [0.1, 0.15) is 16.1 Å². The standard InChI is InChI=1S/C20H17N3O2/c24-20(18-5-2-10-25-18)22-8-6-14-3-1-4-15(11-14)17-12-16-7-9-21-19(16)23-13-17/h1-5,7,9-13H,6,8H2,(H,21,23)(H,22,24). The lowest BCUT2D eigenvalue weighted by Gasteiger charge is -2.07. The van der Waals surface area contributed by atoms with Crippen molar-refractivity contribution in [1.82, 2.24) is 15.3 Å². The molecule has 4 aromatic rings. The molecule has 0 aliphatic heterocycles. The van der Waals surface area contributed by atoms with Crippen LogP contribution in [-0.2, 0) is 6.42 Å². The van der Waals surface area contributed by atoms with E-state index in [1.165, 1.54) is 6.26 Å². The number of rotatable bonds is 5. The van der Waals surface area contributed by atoms with Crippen LogP contribution in [0.2, 0.25) is 0 Å². The van der Waals surface area contributed by atoms with Gasteiger partial charge in [-0.25, -0.2) is 4.98 Å². The third-order valence-electron chi connectivity index (χ3n) is 4.10. The molecule has 1 amide bonds. The Balaban J connectivity index is 1.45. The highest BCUT2D eigenvalue weighted by atomic mass is 16.3. The van der Waals surface area contributed by atoms with Gasteiger partial charge in [-0.05, 0) is 41.8 Å². The first-order valence-corrected chi connectivity index (χ1v) is 8.14. The van der Waals surface area contributed by atoms with E-state index in [1.807, 2.05) is 24.5 Å². The van der Waals surface area contributed by atoms with Crippen molar-refractivity contribution >= 4 is 16.9 Å². The first-order valence-electron chi connectivity index (χ1n) is 8.14. The Bertz CT molecular complexity index is 1000. The summed E-state index contributed by atoms with van der Waals surface area (Å²) in [5.41, 5.74) is 4.24. The first-order chi connectivity index (χ1) is 12.3. The average Bonchev–Trinajstić information content (AvgIpc) is 3.33. The summed E-state index contributed by atoms with van der Waals surface area (Å²) in [5, 5.41) is 3.96. The minimum absolute atomic E-state index is 0.191. The van der Waals surface area contributed by atoms with Crippen molar-refractivity contribution in [3.63, 3.8) is 0 Å². The first kappa shape index (κ1) is 15.2. The zero-order valence-corrected chi connectivity index (χ0v) is 13.5.